The number of aryl methyl sites for hydroxylation is 1. The fraction of sp³-hybridized carbons (Fsp3) is 0.533. The van der Waals surface area contributed by atoms with Gasteiger partial charge < -0.3 is 4.57 Å². The maximum absolute atomic E-state index is 5.76. The van der Waals surface area contributed by atoms with Gasteiger partial charge in [0.15, 0.2) is 0 Å². The Morgan fingerprint density at radius 2 is 2.20 bits per heavy atom. The summed E-state index contributed by atoms with van der Waals surface area (Å²) >= 11 is 5.76. The second-order valence-electron chi connectivity index (χ2n) is 5.07. The topological polar surface area (TPSA) is 55.9 Å². The van der Waals surface area contributed by atoms with E-state index in [2.05, 4.69) is 35.1 Å². The summed E-state index contributed by atoms with van der Waals surface area (Å²) in [5.74, 6) is 7.42. The minimum atomic E-state index is 0.223. The van der Waals surface area contributed by atoms with E-state index < -0.39 is 0 Å². The van der Waals surface area contributed by atoms with Gasteiger partial charge in [0, 0.05) is 24.9 Å². The molecule has 2 rings (SSSR count). The highest BCUT2D eigenvalue weighted by Gasteiger charge is 2.14. The van der Waals surface area contributed by atoms with Crippen molar-refractivity contribution in [2.24, 2.45) is 5.84 Å². The van der Waals surface area contributed by atoms with Crippen LogP contribution >= 0.6 is 11.6 Å². The van der Waals surface area contributed by atoms with E-state index in [1.807, 2.05) is 6.07 Å². The third kappa shape index (κ3) is 3.51. The van der Waals surface area contributed by atoms with Crippen LogP contribution in [-0.2, 0) is 13.0 Å². The van der Waals surface area contributed by atoms with E-state index in [0.717, 1.165) is 43.6 Å². The average molecular weight is 295 g/mol. The number of fused-ring (bicyclic) bond motifs is 1. The van der Waals surface area contributed by atoms with E-state index in [1.54, 1.807) is 0 Å². The van der Waals surface area contributed by atoms with Crippen LogP contribution in [0.3, 0.4) is 0 Å². The Labute approximate surface area is 125 Å². The first-order chi connectivity index (χ1) is 9.80. The highest BCUT2D eigenvalue weighted by atomic mass is 35.5. The molecule has 2 aromatic rings. The van der Waals surface area contributed by atoms with Crippen molar-refractivity contribution in [2.75, 3.05) is 5.88 Å². The molecule has 0 saturated carbocycles. The van der Waals surface area contributed by atoms with Crippen molar-refractivity contribution in [1.29, 1.82) is 0 Å². The molecule has 0 bridgehead atoms. The van der Waals surface area contributed by atoms with Gasteiger partial charge in [-0.05, 0) is 31.4 Å². The number of benzene rings is 1. The molecule has 0 aliphatic rings. The molecule has 1 aromatic carbocycles. The summed E-state index contributed by atoms with van der Waals surface area (Å²) in [6.45, 7) is 3.17. The Morgan fingerprint density at radius 1 is 1.40 bits per heavy atom. The summed E-state index contributed by atoms with van der Waals surface area (Å²) in [5.41, 5.74) is 5.15. The maximum atomic E-state index is 5.76. The maximum Gasteiger partial charge on any atom is 0.111 e. The van der Waals surface area contributed by atoms with Crippen LogP contribution in [0, 0.1) is 0 Å². The molecule has 5 heteroatoms. The van der Waals surface area contributed by atoms with Crippen LogP contribution < -0.4 is 11.3 Å². The van der Waals surface area contributed by atoms with Crippen molar-refractivity contribution < 1.29 is 0 Å². The summed E-state index contributed by atoms with van der Waals surface area (Å²) in [5, 5.41) is 0. The molecule has 0 fully saturated rings. The first-order valence-electron chi connectivity index (χ1n) is 7.26. The van der Waals surface area contributed by atoms with Crippen molar-refractivity contribution in [3.63, 3.8) is 0 Å². The number of nitrogens with one attached hydrogen (secondary N) is 1. The van der Waals surface area contributed by atoms with E-state index >= 15 is 0 Å². The van der Waals surface area contributed by atoms with Gasteiger partial charge in [-0.15, -0.1) is 11.6 Å². The Kier molecular flexibility index (Phi) is 5.83. The second-order valence-corrected chi connectivity index (χ2v) is 5.45. The van der Waals surface area contributed by atoms with Gasteiger partial charge in [-0.2, -0.15) is 0 Å². The number of nitrogens with two attached hydrogens (primary N) is 1. The number of para-hydroxylation sites is 2. The van der Waals surface area contributed by atoms with Crippen LogP contribution in [0.4, 0.5) is 0 Å². The molecule has 1 aromatic heterocycles. The summed E-state index contributed by atoms with van der Waals surface area (Å²) in [7, 11) is 0. The number of hydrazine groups is 1. The summed E-state index contributed by atoms with van der Waals surface area (Å²) < 4.78 is 2.31. The number of hydrogen-bond donors (Lipinski definition) is 2. The monoisotopic (exact) mass is 294 g/mol. The molecular weight excluding hydrogens is 272 g/mol. The number of alkyl halides is 1. The van der Waals surface area contributed by atoms with Crippen molar-refractivity contribution in [2.45, 2.75) is 45.2 Å². The number of rotatable bonds is 8. The molecule has 0 radical (unpaired) electrons. The molecule has 3 N–H and O–H groups in total. The van der Waals surface area contributed by atoms with Crippen LogP contribution in [-0.4, -0.2) is 21.5 Å². The van der Waals surface area contributed by atoms with Gasteiger partial charge in [-0.3, -0.25) is 11.3 Å². The predicted molar refractivity (Wildman–Crippen MR) is 84.8 cm³/mol. The third-order valence-corrected chi connectivity index (χ3v) is 3.80. The van der Waals surface area contributed by atoms with Gasteiger partial charge in [0.2, 0.25) is 0 Å². The highest BCUT2D eigenvalue weighted by molar-refractivity contribution is 6.17. The van der Waals surface area contributed by atoms with Gasteiger partial charge >= 0.3 is 0 Å². The zero-order chi connectivity index (χ0) is 14.4. The smallest absolute Gasteiger partial charge is 0.111 e. The fourth-order valence-electron chi connectivity index (χ4n) is 2.54. The first-order valence-corrected chi connectivity index (χ1v) is 7.79. The van der Waals surface area contributed by atoms with E-state index in [1.165, 1.54) is 5.52 Å². The van der Waals surface area contributed by atoms with Gasteiger partial charge in [-0.25, -0.2) is 4.98 Å². The van der Waals surface area contributed by atoms with Gasteiger partial charge in [0.05, 0.1) is 11.0 Å². The van der Waals surface area contributed by atoms with Crippen molar-refractivity contribution in [3.8, 4) is 0 Å². The van der Waals surface area contributed by atoms with Crippen molar-refractivity contribution >= 4 is 22.6 Å². The summed E-state index contributed by atoms with van der Waals surface area (Å²) in [6, 6.07) is 8.51. The average Bonchev–Trinajstić information content (AvgIpc) is 2.82. The minimum Gasteiger partial charge on any atom is -0.328 e. The Morgan fingerprint density at radius 3 is 2.90 bits per heavy atom. The quantitative estimate of drug-likeness (QED) is 0.447. The van der Waals surface area contributed by atoms with Gasteiger partial charge in [0.25, 0.3) is 0 Å². The summed E-state index contributed by atoms with van der Waals surface area (Å²) in [4.78, 5) is 4.76. The summed E-state index contributed by atoms with van der Waals surface area (Å²) in [6.07, 6.45) is 3.86. The lowest BCUT2D eigenvalue weighted by Gasteiger charge is -2.16. The van der Waals surface area contributed by atoms with Crippen LogP contribution in [0.5, 0.6) is 0 Å². The van der Waals surface area contributed by atoms with E-state index in [9.17, 15) is 0 Å². The lowest BCUT2D eigenvalue weighted by Crippen LogP contribution is -2.37. The Hall–Kier alpha value is -1.10. The van der Waals surface area contributed by atoms with E-state index in [-0.39, 0.29) is 6.04 Å². The van der Waals surface area contributed by atoms with Crippen LogP contribution in [0.15, 0.2) is 24.3 Å². The molecule has 0 amide bonds. The van der Waals surface area contributed by atoms with E-state index in [0.29, 0.717) is 5.88 Å². The molecule has 110 valence electrons. The largest absolute Gasteiger partial charge is 0.328 e. The predicted octanol–water partition coefficient (Wildman–Crippen LogP) is 2.84. The minimum absolute atomic E-state index is 0.223. The zero-order valence-electron chi connectivity index (χ0n) is 12.0. The number of halogens is 1. The standard InChI is InChI=1S/C15H23ClN4/c1-2-10-20-14-8-4-3-7-13(14)18-15(20)11-12(19-17)6-5-9-16/h3-4,7-8,12,19H,2,5-6,9-11,17H2,1H3. The lowest BCUT2D eigenvalue weighted by molar-refractivity contribution is 0.468. The van der Waals surface area contributed by atoms with Crippen molar-refractivity contribution in [1.82, 2.24) is 15.0 Å². The lowest BCUT2D eigenvalue weighted by atomic mass is 10.1. The molecule has 20 heavy (non-hydrogen) atoms. The van der Waals surface area contributed by atoms with Crippen LogP contribution in [0.25, 0.3) is 11.0 Å². The number of aromatic nitrogens is 2. The van der Waals surface area contributed by atoms with E-state index in [4.69, 9.17) is 22.4 Å². The second kappa shape index (κ2) is 7.62. The third-order valence-electron chi connectivity index (χ3n) is 3.53. The zero-order valence-corrected chi connectivity index (χ0v) is 12.7. The SMILES string of the molecule is CCCn1c(CC(CCCCl)NN)nc2ccccc21. The molecular formula is C15H23ClN4. The fourth-order valence-corrected chi connectivity index (χ4v) is 2.70. The Balaban J connectivity index is 2.25. The van der Waals surface area contributed by atoms with Crippen LogP contribution in [0.2, 0.25) is 0 Å². The molecule has 1 atom stereocenters. The first kappa shape index (κ1) is 15.3. The highest BCUT2D eigenvalue weighted by Crippen LogP contribution is 2.18. The molecule has 1 heterocycles. The molecule has 0 aliphatic heterocycles. The Bertz CT molecular complexity index is 538. The number of nitrogens with zero attached hydrogens (tertiary/aromatic N) is 2. The van der Waals surface area contributed by atoms with Crippen molar-refractivity contribution in [3.05, 3.63) is 30.1 Å². The normalized spacial score (nSPS) is 12.9. The number of hydrogen-bond acceptors (Lipinski definition) is 3. The molecule has 4 nitrogen and oxygen atoms in total. The molecule has 0 spiro atoms. The number of imidazole rings is 1. The van der Waals surface area contributed by atoms with Gasteiger partial charge in [0.1, 0.15) is 5.82 Å². The van der Waals surface area contributed by atoms with Crippen LogP contribution in [0.1, 0.15) is 32.0 Å². The molecule has 1 unspecified atom stereocenters. The van der Waals surface area contributed by atoms with Gasteiger partial charge in [-0.1, -0.05) is 19.1 Å². The molecule has 0 saturated heterocycles. The molecule has 0 aliphatic carbocycles.